The average Bonchev–Trinajstić information content (AvgIpc) is 4.12. The van der Waals surface area contributed by atoms with E-state index < -0.39 is 0 Å². The predicted octanol–water partition coefficient (Wildman–Crippen LogP) is 9.51. The van der Waals surface area contributed by atoms with Crippen molar-refractivity contribution in [2.75, 3.05) is 76.3 Å². The Bertz CT molecular complexity index is 2500. The summed E-state index contributed by atoms with van der Waals surface area (Å²) in [5, 5.41) is 20.6. The van der Waals surface area contributed by atoms with Crippen LogP contribution in [0.3, 0.4) is 0 Å². The minimum atomic E-state index is 0.135. The summed E-state index contributed by atoms with van der Waals surface area (Å²) in [7, 11) is 4.44. The lowest BCUT2D eigenvalue weighted by atomic mass is 9.96. The number of hydrogen-bond donors (Lipinski definition) is 2. The first kappa shape index (κ1) is 44.4. The molecule has 2 N–H and O–H groups in total. The van der Waals surface area contributed by atoms with Crippen LogP contribution in [0.4, 0.5) is 11.6 Å². The Morgan fingerprint density at radius 3 is 1.73 bits per heavy atom. The van der Waals surface area contributed by atoms with Crippen LogP contribution in [0.2, 0.25) is 0 Å². The molecule has 7 aromatic rings. The van der Waals surface area contributed by atoms with Crippen LogP contribution in [0.15, 0.2) is 114 Å². The lowest BCUT2D eigenvalue weighted by Gasteiger charge is -2.40. The summed E-state index contributed by atoms with van der Waals surface area (Å²) in [5.74, 6) is 2.93. The van der Waals surface area contributed by atoms with Gasteiger partial charge in [-0.1, -0.05) is 91.0 Å². The highest BCUT2D eigenvalue weighted by Gasteiger charge is 2.29. The molecule has 3 saturated heterocycles. The number of aliphatic hydroxyl groups excluding tert-OH is 1. The molecule has 2 unspecified atom stereocenters. The molecular weight excluding hydrogens is 831 g/mol. The molecule has 334 valence electrons. The molecule has 2 atom stereocenters. The Balaban J connectivity index is 0.000000162. The van der Waals surface area contributed by atoms with Gasteiger partial charge in [-0.3, -0.25) is 4.90 Å². The number of fused-ring (bicyclic) bond motifs is 2. The highest BCUT2D eigenvalue weighted by Crippen LogP contribution is 2.40. The normalized spacial score (nSPS) is 18.2. The van der Waals surface area contributed by atoms with E-state index in [0.29, 0.717) is 6.04 Å². The van der Waals surface area contributed by atoms with Crippen LogP contribution >= 0.6 is 22.7 Å². The number of likely N-dealkylation sites (tertiary alicyclic amines) is 1. The predicted molar refractivity (Wildman–Crippen MR) is 268 cm³/mol. The summed E-state index contributed by atoms with van der Waals surface area (Å²) in [6.07, 6.45) is 12.9. The van der Waals surface area contributed by atoms with Crippen molar-refractivity contribution < 1.29 is 5.11 Å². The Kier molecular flexibility index (Phi) is 14.9. The number of aliphatic hydroxyl groups is 1. The van der Waals surface area contributed by atoms with Crippen molar-refractivity contribution in [1.82, 2.24) is 35.1 Å². The Labute approximate surface area is 387 Å². The van der Waals surface area contributed by atoms with E-state index in [1.165, 1.54) is 71.9 Å². The third kappa shape index (κ3) is 10.3. The zero-order valence-corrected chi connectivity index (χ0v) is 39.1. The lowest BCUT2D eigenvalue weighted by molar-refractivity contribution is 0.0958. The van der Waals surface area contributed by atoms with E-state index in [0.717, 1.165) is 97.2 Å². The number of aromatic nitrogens is 4. The summed E-state index contributed by atoms with van der Waals surface area (Å²) in [6.45, 7) is 7.81. The Hall–Kier alpha value is -4.82. The molecule has 3 aliphatic heterocycles. The van der Waals surface area contributed by atoms with Crippen molar-refractivity contribution in [3.8, 4) is 22.3 Å². The summed E-state index contributed by atoms with van der Waals surface area (Å²) in [5.41, 5.74) is 6.21. The molecule has 3 aromatic carbocycles. The fraction of sp³-hybridized carbons (Fsp3) is 0.423. The van der Waals surface area contributed by atoms with Crippen LogP contribution < -0.4 is 15.1 Å². The van der Waals surface area contributed by atoms with Gasteiger partial charge < -0.3 is 25.1 Å². The molecule has 10 nitrogen and oxygen atoms in total. The number of nitrogens with one attached hydrogen (secondary N) is 1. The summed E-state index contributed by atoms with van der Waals surface area (Å²) >= 11 is 3.41. The Morgan fingerprint density at radius 2 is 1.22 bits per heavy atom. The highest BCUT2D eigenvalue weighted by atomic mass is 32.1. The minimum Gasteiger partial charge on any atom is -0.395 e. The van der Waals surface area contributed by atoms with Gasteiger partial charge in [-0.15, -0.1) is 22.7 Å². The molecule has 4 aromatic heterocycles. The Morgan fingerprint density at radius 1 is 0.688 bits per heavy atom. The number of rotatable bonds is 14. The summed E-state index contributed by atoms with van der Waals surface area (Å²) in [6, 6.07) is 33.0. The van der Waals surface area contributed by atoms with Crippen molar-refractivity contribution >= 4 is 54.7 Å². The number of likely N-dealkylation sites (N-methyl/N-ethyl adjacent to an activating group) is 1. The number of piperidine rings is 2. The molecule has 3 aliphatic rings. The molecule has 64 heavy (non-hydrogen) atoms. The van der Waals surface area contributed by atoms with Gasteiger partial charge >= 0.3 is 0 Å². The fourth-order valence-corrected chi connectivity index (χ4v) is 12.0. The maximum Gasteiger partial charge on any atom is 0.141 e. The second-order valence-corrected chi connectivity index (χ2v) is 19.6. The second kappa shape index (κ2) is 21.4. The lowest BCUT2D eigenvalue weighted by Crippen LogP contribution is -2.49. The molecule has 3 fully saturated rings. The van der Waals surface area contributed by atoms with Gasteiger partial charge in [0.1, 0.15) is 34.0 Å². The SMILES string of the molecule is CN(C1CCN(c2ncnc3scc(-c4ccccc4)c23)CC1)C(CO)Cc1ccccc1.CN1CCCC1CCNCC1CCN(c2ncnc3scc(-c4ccccc4)c23)CC1. The first-order chi connectivity index (χ1) is 31.5. The van der Waals surface area contributed by atoms with E-state index in [1.54, 1.807) is 35.3 Å². The van der Waals surface area contributed by atoms with Crippen molar-refractivity contribution in [2.45, 2.75) is 69.5 Å². The summed E-state index contributed by atoms with van der Waals surface area (Å²) in [4.78, 5) is 30.5. The quantitative estimate of drug-likeness (QED) is 0.103. The van der Waals surface area contributed by atoms with Gasteiger partial charge in [-0.2, -0.15) is 0 Å². The summed E-state index contributed by atoms with van der Waals surface area (Å²) < 4.78 is 0. The van der Waals surface area contributed by atoms with E-state index >= 15 is 0 Å². The molecule has 0 amide bonds. The van der Waals surface area contributed by atoms with Gasteiger partial charge in [0.05, 0.1) is 17.4 Å². The van der Waals surface area contributed by atoms with E-state index in [9.17, 15) is 5.11 Å². The van der Waals surface area contributed by atoms with Crippen LogP contribution in [-0.2, 0) is 6.42 Å². The molecule has 10 rings (SSSR count). The third-order valence-corrected chi connectivity index (χ3v) is 15.8. The van der Waals surface area contributed by atoms with Crippen LogP contribution in [0.5, 0.6) is 0 Å². The first-order valence-corrected chi connectivity index (χ1v) is 25.1. The van der Waals surface area contributed by atoms with Gasteiger partial charge in [0.2, 0.25) is 0 Å². The maximum absolute atomic E-state index is 10.1. The van der Waals surface area contributed by atoms with Crippen molar-refractivity contribution in [3.05, 3.63) is 120 Å². The number of hydrogen-bond acceptors (Lipinski definition) is 12. The number of nitrogens with zero attached hydrogens (tertiary/aromatic N) is 8. The molecule has 0 spiro atoms. The number of anilines is 2. The average molecular weight is 894 g/mol. The van der Waals surface area contributed by atoms with E-state index in [4.69, 9.17) is 9.97 Å². The largest absolute Gasteiger partial charge is 0.395 e. The van der Waals surface area contributed by atoms with Gasteiger partial charge in [0.25, 0.3) is 0 Å². The van der Waals surface area contributed by atoms with Crippen molar-refractivity contribution in [1.29, 1.82) is 0 Å². The zero-order chi connectivity index (χ0) is 43.7. The second-order valence-electron chi connectivity index (χ2n) is 17.9. The smallest absolute Gasteiger partial charge is 0.141 e. The van der Waals surface area contributed by atoms with Crippen LogP contribution in [0.25, 0.3) is 42.7 Å². The maximum atomic E-state index is 10.1. The van der Waals surface area contributed by atoms with E-state index in [1.807, 2.05) is 12.1 Å². The monoisotopic (exact) mass is 893 g/mol. The number of thiophene rings is 2. The van der Waals surface area contributed by atoms with Gasteiger partial charge in [0, 0.05) is 66.2 Å². The van der Waals surface area contributed by atoms with E-state index in [-0.39, 0.29) is 12.6 Å². The first-order valence-electron chi connectivity index (χ1n) is 23.4. The fourth-order valence-electron chi connectivity index (χ4n) is 10.1. The van der Waals surface area contributed by atoms with Crippen LogP contribution in [-0.4, -0.2) is 119 Å². The van der Waals surface area contributed by atoms with Crippen molar-refractivity contribution in [2.24, 2.45) is 5.92 Å². The number of benzene rings is 3. The topological polar surface area (TPSA) is 96.8 Å². The van der Waals surface area contributed by atoms with E-state index in [2.05, 4.69) is 139 Å². The molecule has 12 heteroatoms. The molecule has 7 heterocycles. The van der Waals surface area contributed by atoms with Crippen LogP contribution in [0.1, 0.15) is 50.5 Å². The van der Waals surface area contributed by atoms with Crippen molar-refractivity contribution in [3.63, 3.8) is 0 Å². The standard InChI is InChI=1S/C27H30N4OS.C25H33N5S/c1-30(23(17-32)16-20-8-4-2-5-9-20)22-12-14-31(15-13-22)26-25-24(21-10-6-3-7-11-21)18-33-27(25)29-19-28-26;1-29-13-5-8-21(29)9-12-26-16-19-10-14-30(15-11-19)24-23-22(20-6-3-2-4-7-20)17-31-25(23)28-18-27-24/h2-11,18-19,22-23,32H,12-17H2,1H3;2-4,6-7,17-19,21,26H,5,8-16H2,1H3. The third-order valence-electron chi connectivity index (χ3n) is 14.0. The molecule has 0 bridgehead atoms. The molecular formula is C52H63N9OS2. The van der Waals surface area contributed by atoms with Gasteiger partial charge in [0.15, 0.2) is 0 Å². The highest BCUT2D eigenvalue weighted by molar-refractivity contribution is 7.17. The molecule has 0 aliphatic carbocycles. The minimum absolute atomic E-state index is 0.135. The molecule has 0 radical (unpaired) electrons. The zero-order valence-electron chi connectivity index (χ0n) is 37.4. The van der Waals surface area contributed by atoms with Gasteiger partial charge in [-0.25, -0.2) is 19.9 Å². The molecule has 0 saturated carbocycles. The van der Waals surface area contributed by atoms with Gasteiger partial charge in [-0.05, 0) is 108 Å². The van der Waals surface area contributed by atoms with Crippen LogP contribution in [0, 0.1) is 5.92 Å².